The molecular weight excluding hydrogens is 282 g/mol. The summed E-state index contributed by atoms with van der Waals surface area (Å²) in [6.07, 6.45) is -0.0114. The molecule has 0 unspecified atom stereocenters. The summed E-state index contributed by atoms with van der Waals surface area (Å²) < 4.78 is 11.2. The molecule has 112 valence electrons. The number of carboxylic acids is 1. The van der Waals surface area contributed by atoms with Gasteiger partial charge < -0.3 is 19.9 Å². The van der Waals surface area contributed by atoms with Crippen molar-refractivity contribution in [3.8, 4) is 11.5 Å². The number of carbonyl (C=O) groups is 1. The van der Waals surface area contributed by atoms with Gasteiger partial charge in [-0.3, -0.25) is 4.79 Å². The van der Waals surface area contributed by atoms with Crippen LogP contribution in [0.15, 0.2) is 12.1 Å². The Morgan fingerprint density at radius 1 is 1.45 bits per heavy atom. The van der Waals surface area contributed by atoms with Crippen molar-refractivity contribution in [2.75, 3.05) is 13.2 Å². The maximum atomic E-state index is 10.5. The number of aliphatic carboxylic acids is 1. The number of hydrogen-bond donors (Lipinski definition) is 2. The molecule has 0 atom stereocenters. The number of carboxylic acid groups (broad SMARTS) is 1. The van der Waals surface area contributed by atoms with Crippen LogP contribution in [0.5, 0.6) is 11.5 Å². The molecule has 20 heavy (non-hydrogen) atoms. The van der Waals surface area contributed by atoms with Gasteiger partial charge in [-0.25, -0.2) is 0 Å². The first-order valence-electron chi connectivity index (χ1n) is 6.48. The number of hydrogen-bond acceptors (Lipinski definition) is 4. The Morgan fingerprint density at radius 3 is 2.70 bits per heavy atom. The van der Waals surface area contributed by atoms with Gasteiger partial charge >= 0.3 is 5.97 Å². The first kappa shape index (κ1) is 16.6. The van der Waals surface area contributed by atoms with E-state index in [0.29, 0.717) is 29.7 Å². The van der Waals surface area contributed by atoms with Crippen molar-refractivity contribution in [1.82, 2.24) is 5.32 Å². The fourth-order valence-corrected chi connectivity index (χ4v) is 1.93. The van der Waals surface area contributed by atoms with Crippen LogP contribution in [0.3, 0.4) is 0 Å². The van der Waals surface area contributed by atoms with E-state index in [-0.39, 0.29) is 12.6 Å². The molecule has 0 aliphatic rings. The maximum Gasteiger partial charge on any atom is 0.317 e. The van der Waals surface area contributed by atoms with Gasteiger partial charge in [-0.15, -0.1) is 0 Å². The predicted octanol–water partition coefficient (Wildman–Crippen LogP) is 2.70. The number of ether oxygens (including phenoxy) is 2. The van der Waals surface area contributed by atoms with Gasteiger partial charge in [0.25, 0.3) is 0 Å². The Hall–Kier alpha value is -1.46. The van der Waals surface area contributed by atoms with Crippen molar-refractivity contribution in [2.45, 2.75) is 33.4 Å². The number of benzene rings is 1. The van der Waals surface area contributed by atoms with E-state index in [1.54, 1.807) is 6.07 Å². The van der Waals surface area contributed by atoms with Crippen LogP contribution < -0.4 is 14.8 Å². The Labute approximate surface area is 123 Å². The highest BCUT2D eigenvalue weighted by atomic mass is 35.5. The second kappa shape index (κ2) is 7.97. The minimum absolute atomic E-state index is 0.0114. The van der Waals surface area contributed by atoms with Crippen molar-refractivity contribution < 1.29 is 19.4 Å². The Morgan fingerprint density at radius 2 is 2.15 bits per heavy atom. The standard InChI is InChI=1S/C14H20ClNO4/c1-4-19-12-6-10(7-16-8-13(17)18)5-11(15)14(12)20-9(2)3/h5-6,9,16H,4,7-8H2,1-3H3,(H,17,18). The molecule has 1 rings (SSSR count). The highest BCUT2D eigenvalue weighted by Gasteiger charge is 2.14. The van der Waals surface area contributed by atoms with E-state index in [9.17, 15) is 4.79 Å². The van der Waals surface area contributed by atoms with Gasteiger partial charge in [0.2, 0.25) is 0 Å². The molecule has 0 bridgehead atoms. The number of halogens is 1. The summed E-state index contributed by atoms with van der Waals surface area (Å²) in [6.45, 7) is 6.49. The van der Waals surface area contributed by atoms with E-state index in [4.69, 9.17) is 26.2 Å². The molecule has 6 heteroatoms. The van der Waals surface area contributed by atoms with Crippen LogP contribution in [-0.2, 0) is 11.3 Å². The predicted molar refractivity (Wildman–Crippen MR) is 77.7 cm³/mol. The minimum atomic E-state index is -0.902. The maximum absolute atomic E-state index is 10.5. The van der Waals surface area contributed by atoms with Gasteiger partial charge in [-0.1, -0.05) is 11.6 Å². The summed E-state index contributed by atoms with van der Waals surface area (Å²) in [6, 6.07) is 3.55. The summed E-state index contributed by atoms with van der Waals surface area (Å²) in [4.78, 5) is 10.5. The Balaban J connectivity index is 2.90. The van der Waals surface area contributed by atoms with E-state index < -0.39 is 5.97 Å². The van der Waals surface area contributed by atoms with Crippen LogP contribution >= 0.6 is 11.6 Å². The number of nitrogens with one attached hydrogen (secondary N) is 1. The molecule has 2 N–H and O–H groups in total. The molecule has 0 saturated carbocycles. The van der Waals surface area contributed by atoms with Crippen molar-refractivity contribution >= 4 is 17.6 Å². The fraction of sp³-hybridized carbons (Fsp3) is 0.500. The van der Waals surface area contributed by atoms with Crippen LogP contribution in [0.25, 0.3) is 0 Å². The van der Waals surface area contributed by atoms with Crippen molar-refractivity contribution in [3.05, 3.63) is 22.7 Å². The third-order valence-electron chi connectivity index (χ3n) is 2.33. The molecule has 0 heterocycles. The molecule has 0 fully saturated rings. The summed E-state index contributed by atoms with van der Waals surface area (Å²) in [7, 11) is 0. The van der Waals surface area contributed by atoms with Crippen LogP contribution in [0, 0.1) is 0 Å². The molecule has 5 nitrogen and oxygen atoms in total. The molecule has 0 amide bonds. The van der Waals surface area contributed by atoms with Gasteiger partial charge in [0.05, 0.1) is 24.3 Å². The van der Waals surface area contributed by atoms with Crippen LogP contribution in [0.4, 0.5) is 0 Å². The fourth-order valence-electron chi connectivity index (χ4n) is 1.65. The van der Waals surface area contributed by atoms with Crippen molar-refractivity contribution in [2.24, 2.45) is 0 Å². The van der Waals surface area contributed by atoms with E-state index in [1.807, 2.05) is 26.8 Å². The lowest BCUT2D eigenvalue weighted by Gasteiger charge is -2.17. The second-order valence-corrected chi connectivity index (χ2v) is 4.91. The topological polar surface area (TPSA) is 67.8 Å². The molecule has 0 spiro atoms. The van der Waals surface area contributed by atoms with Gasteiger partial charge in [-0.05, 0) is 38.5 Å². The lowest BCUT2D eigenvalue weighted by molar-refractivity contribution is -0.135. The van der Waals surface area contributed by atoms with E-state index in [2.05, 4.69) is 5.32 Å². The average molecular weight is 302 g/mol. The van der Waals surface area contributed by atoms with Gasteiger partial charge in [-0.2, -0.15) is 0 Å². The molecule has 1 aromatic rings. The van der Waals surface area contributed by atoms with E-state index >= 15 is 0 Å². The summed E-state index contributed by atoms with van der Waals surface area (Å²) in [5, 5.41) is 11.9. The molecule has 0 aromatic heterocycles. The highest BCUT2D eigenvalue weighted by molar-refractivity contribution is 6.32. The molecule has 0 radical (unpaired) electrons. The van der Waals surface area contributed by atoms with Crippen molar-refractivity contribution in [1.29, 1.82) is 0 Å². The average Bonchev–Trinajstić information content (AvgIpc) is 2.33. The SMILES string of the molecule is CCOc1cc(CNCC(=O)O)cc(Cl)c1OC(C)C. The van der Waals surface area contributed by atoms with E-state index in [0.717, 1.165) is 5.56 Å². The minimum Gasteiger partial charge on any atom is -0.490 e. The second-order valence-electron chi connectivity index (χ2n) is 4.50. The van der Waals surface area contributed by atoms with Crippen LogP contribution in [0.2, 0.25) is 5.02 Å². The third-order valence-corrected chi connectivity index (χ3v) is 2.61. The smallest absolute Gasteiger partial charge is 0.317 e. The quantitative estimate of drug-likeness (QED) is 0.773. The Bertz CT molecular complexity index is 463. The molecule has 0 aliphatic heterocycles. The van der Waals surface area contributed by atoms with Crippen molar-refractivity contribution in [3.63, 3.8) is 0 Å². The summed E-state index contributed by atoms with van der Waals surface area (Å²) in [5.41, 5.74) is 0.843. The molecule has 0 aliphatic carbocycles. The van der Waals surface area contributed by atoms with Gasteiger partial charge in [0, 0.05) is 6.54 Å². The zero-order valence-electron chi connectivity index (χ0n) is 11.9. The lowest BCUT2D eigenvalue weighted by atomic mass is 10.2. The molecular formula is C14H20ClNO4. The zero-order chi connectivity index (χ0) is 15.1. The molecule has 0 saturated heterocycles. The normalized spacial score (nSPS) is 10.7. The Kier molecular flexibility index (Phi) is 6.61. The monoisotopic (exact) mass is 301 g/mol. The lowest BCUT2D eigenvalue weighted by Crippen LogP contribution is -2.22. The third kappa shape index (κ3) is 5.27. The summed E-state index contributed by atoms with van der Waals surface area (Å²) >= 11 is 6.21. The molecule has 1 aromatic carbocycles. The van der Waals surface area contributed by atoms with Gasteiger partial charge in [0.15, 0.2) is 11.5 Å². The highest BCUT2D eigenvalue weighted by Crippen LogP contribution is 2.37. The first-order valence-corrected chi connectivity index (χ1v) is 6.86. The largest absolute Gasteiger partial charge is 0.490 e. The zero-order valence-corrected chi connectivity index (χ0v) is 12.7. The van der Waals surface area contributed by atoms with Gasteiger partial charge in [0.1, 0.15) is 0 Å². The summed E-state index contributed by atoms with van der Waals surface area (Å²) in [5.74, 6) is 0.187. The van der Waals surface area contributed by atoms with Crippen LogP contribution in [0.1, 0.15) is 26.3 Å². The first-order chi connectivity index (χ1) is 9.43. The van der Waals surface area contributed by atoms with E-state index in [1.165, 1.54) is 0 Å². The number of rotatable bonds is 8. The van der Waals surface area contributed by atoms with Crippen LogP contribution in [-0.4, -0.2) is 30.3 Å².